The van der Waals surface area contributed by atoms with Crippen LogP contribution in [0.25, 0.3) is 22.0 Å². The Morgan fingerprint density at radius 3 is 1.97 bits per heavy atom. The minimum atomic E-state index is -0.501. The van der Waals surface area contributed by atoms with E-state index in [1.165, 1.54) is 19.2 Å². The van der Waals surface area contributed by atoms with Crippen molar-refractivity contribution < 1.29 is 28.6 Å². The standard InChI is InChI=1S/C24H29N3O8.C2H6/c1-31-19-6-7-20-21(16-19)24(28)26-22(23(20)27(29)30)17-2-4-18(5-3-17)35-15-14-34-13-12-33-11-10-32-9-8-25;1-2/h2-7,16H,8-15,25H2,1H3,(H,26,28);1-2H3. The molecule has 0 aliphatic rings. The number of hydrogen-bond donors (Lipinski definition) is 2. The van der Waals surface area contributed by atoms with Crippen molar-refractivity contribution in [1.29, 1.82) is 0 Å². The van der Waals surface area contributed by atoms with Gasteiger partial charge < -0.3 is 34.4 Å². The van der Waals surface area contributed by atoms with Gasteiger partial charge in [0, 0.05) is 12.1 Å². The Labute approximate surface area is 215 Å². The molecule has 0 aliphatic carbocycles. The molecule has 0 bridgehead atoms. The number of aromatic amines is 1. The van der Waals surface area contributed by atoms with Gasteiger partial charge in [-0.3, -0.25) is 14.9 Å². The van der Waals surface area contributed by atoms with Crippen molar-refractivity contribution in [1.82, 2.24) is 4.98 Å². The summed E-state index contributed by atoms with van der Waals surface area (Å²) in [6.45, 7) is 7.59. The van der Waals surface area contributed by atoms with E-state index in [9.17, 15) is 14.9 Å². The fourth-order valence-corrected chi connectivity index (χ4v) is 3.38. The number of nitrogens with zero attached hydrogens (tertiary/aromatic N) is 1. The molecule has 3 aromatic rings. The van der Waals surface area contributed by atoms with Gasteiger partial charge in [0.1, 0.15) is 23.8 Å². The Bertz CT molecular complexity index is 1160. The van der Waals surface area contributed by atoms with Crippen molar-refractivity contribution in [2.45, 2.75) is 13.8 Å². The van der Waals surface area contributed by atoms with Gasteiger partial charge in [-0.1, -0.05) is 13.8 Å². The molecule has 3 rings (SSSR count). The summed E-state index contributed by atoms with van der Waals surface area (Å²) < 4.78 is 26.8. The van der Waals surface area contributed by atoms with E-state index in [0.717, 1.165) is 0 Å². The van der Waals surface area contributed by atoms with Gasteiger partial charge in [0.05, 0.1) is 62.4 Å². The van der Waals surface area contributed by atoms with E-state index in [1.54, 1.807) is 30.3 Å². The SMILES string of the molecule is CC.COc1ccc2c([N+](=O)[O-])c(-c3ccc(OCCOCCOCCOCCN)cc3)[nH]c(=O)c2c1. The maximum absolute atomic E-state index is 12.6. The first kappa shape index (κ1) is 29.7. The predicted octanol–water partition coefficient (Wildman–Crippen LogP) is 3.53. The van der Waals surface area contributed by atoms with E-state index in [-0.39, 0.29) is 22.2 Å². The number of ether oxygens (including phenoxy) is 5. The molecule has 0 spiro atoms. The van der Waals surface area contributed by atoms with E-state index < -0.39 is 10.5 Å². The highest BCUT2D eigenvalue weighted by atomic mass is 16.6. The summed E-state index contributed by atoms with van der Waals surface area (Å²) in [5, 5.41) is 12.3. The summed E-state index contributed by atoms with van der Waals surface area (Å²) in [5.74, 6) is 1.01. The molecule has 2 aromatic carbocycles. The number of nitro groups is 1. The number of aromatic nitrogens is 1. The Morgan fingerprint density at radius 2 is 1.41 bits per heavy atom. The lowest BCUT2D eigenvalue weighted by molar-refractivity contribution is -0.382. The Hall–Kier alpha value is -3.51. The molecule has 37 heavy (non-hydrogen) atoms. The number of nitrogens with one attached hydrogen (secondary N) is 1. The van der Waals surface area contributed by atoms with Crippen molar-refractivity contribution >= 4 is 16.5 Å². The molecule has 202 valence electrons. The molecule has 1 heterocycles. The number of pyridine rings is 1. The lowest BCUT2D eigenvalue weighted by Crippen LogP contribution is -2.14. The van der Waals surface area contributed by atoms with Crippen LogP contribution < -0.4 is 20.8 Å². The van der Waals surface area contributed by atoms with Crippen molar-refractivity contribution in [2.75, 3.05) is 59.9 Å². The van der Waals surface area contributed by atoms with E-state index in [2.05, 4.69) is 4.98 Å². The lowest BCUT2D eigenvalue weighted by atomic mass is 10.0. The average Bonchev–Trinajstić information content (AvgIpc) is 2.92. The van der Waals surface area contributed by atoms with Gasteiger partial charge in [0.2, 0.25) is 0 Å². The van der Waals surface area contributed by atoms with Crippen molar-refractivity contribution in [3.63, 3.8) is 0 Å². The number of fused-ring (bicyclic) bond motifs is 1. The zero-order chi connectivity index (χ0) is 27.0. The third kappa shape index (κ3) is 8.83. The van der Waals surface area contributed by atoms with Crippen LogP contribution in [0.5, 0.6) is 11.5 Å². The molecule has 11 nitrogen and oxygen atoms in total. The second kappa shape index (κ2) is 16.3. The van der Waals surface area contributed by atoms with Crippen molar-refractivity contribution in [3.05, 3.63) is 62.9 Å². The zero-order valence-corrected chi connectivity index (χ0v) is 21.5. The average molecular weight is 518 g/mol. The molecular formula is C26H35N3O8. The summed E-state index contributed by atoms with van der Waals surface area (Å²) >= 11 is 0. The van der Waals surface area contributed by atoms with Crippen LogP contribution in [-0.2, 0) is 14.2 Å². The van der Waals surface area contributed by atoms with E-state index in [1.807, 2.05) is 13.8 Å². The highest BCUT2D eigenvalue weighted by Crippen LogP contribution is 2.34. The van der Waals surface area contributed by atoms with E-state index in [4.69, 9.17) is 29.4 Å². The van der Waals surface area contributed by atoms with Crippen molar-refractivity contribution in [3.8, 4) is 22.8 Å². The number of benzene rings is 2. The molecule has 0 atom stereocenters. The summed E-state index contributed by atoms with van der Waals surface area (Å²) in [6, 6.07) is 11.3. The fraction of sp³-hybridized carbons (Fsp3) is 0.423. The molecule has 0 radical (unpaired) electrons. The summed E-state index contributed by atoms with van der Waals surface area (Å²) in [5.41, 5.74) is 5.31. The van der Waals surface area contributed by atoms with Crippen LogP contribution in [0.2, 0.25) is 0 Å². The maximum Gasteiger partial charge on any atom is 0.301 e. The maximum atomic E-state index is 12.6. The van der Waals surface area contributed by atoms with Crippen LogP contribution in [-0.4, -0.2) is 69.8 Å². The highest BCUT2D eigenvalue weighted by molar-refractivity contribution is 5.96. The smallest absolute Gasteiger partial charge is 0.301 e. The summed E-state index contributed by atoms with van der Waals surface area (Å²) in [6.07, 6.45) is 0. The molecule has 3 N–H and O–H groups in total. The molecule has 0 fully saturated rings. The molecule has 0 saturated heterocycles. The van der Waals surface area contributed by atoms with Gasteiger partial charge in [-0.25, -0.2) is 0 Å². The number of hydrogen-bond acceptors (Lipinski definition) is 9. The number of H-pyrrole nitrogens is 1. The third-order valence-electron chi connectivity index (χ3n) is 5.03. The van der Waals surface area contributed by atoms with Gasteiger partial charge in [-0.2, -0.15) is 0 Å². The minimum Gasteiger partial charge on any atom is -0.497 e. The number of nitrogens with two attached hydrogens (primary N) is 1. The second-order valence-corrected chi connectivity index (χ2v) is 7.34. The molecular weight excluding hydrogens is 482 g/mol. The first-order valence-corrected chi connectivity index (χ1v) is 12.1. The fourth-order valence-electron chi connectivity index (χ4n) is 3.38. The second-order valence-electron chi connectivity index (χ2n) is 7.34. The summed E-state index contributed by atoms with van der Waals surface area (Å²) in [7, 11) is 1.46. The van der Waals surface area contributed by atoms with Gasteiger partial charge >= 0.3 is 5.69 Å². The van der Waals surface area contributed by atoms with Gasteiger partial charge in [0.25, 0.3) is 5.56 Å². The van der Waals surface area contributed by atoms with Gasteiger partial charge in [0.15, 0.2) is 0 Å². The van der Waals surface area contributed by atoms with Gasteiger partial charge in [-0.15, -0.1) is 0 Å². The number of rotatable bonds is 15. The molecule has 1 aromatic heterocycles. The van der Waals surface area contributed by atoms with Crippen LogP contribution in [0.15, 0.2) is 47.3 Å². The quantitative estimate of drug-likeness (QED) is 0.175. The third-order valence-corrected chi connectivity index (χ3v) is 5.03. The van der Waals surface area contributed by atoms with Crippen molar-refractivity contribution in [2.24, 2.45) is 5.73 Å². The predicted molar refractivity (Wildman–Crippen MR) is 142 cm³/mol. The normalized spacial score (nSPS) is 10.6. The van der Waals surface area contributed by atoms with E-state index in [0.29, 0.717) is 69.9 Å². The van der Waals surface area contributed by atoms with Crippen LogP contribution in [0.4, 0.5) is 5.69 Å². The van der Waals surface area contributed by atoms with Crippen LogP contribution in [0.3, 0.4) is 0 Å². The zero-order valence-electron chi connectivity index (χ0n) is 21.5. The first-order chi connectivity index (χ1) is 18.0. The highest BCUT2D eigenvalue weighted by Gasteiger charge is 2.23. The topological polar surface area (TPSA) is 148 Å². The van der Waals surface area contributed by atoms with Crippen LogP contribution in [0.1, 0.15) is 13.8 Å². The minimum absolute atomic E-state index is 0.126. The lowest BCUT2D eigenvalue weighted by Gasteiger charge is -2.10. The molecule has 11 heteroatoms. The molecule has 0 saturated carbocycles. The number of methoxy groups -OCH3 is 1. The van der Waals surface area contributed by atoms with E-state index >= 15 is 0 Å². The largest absolute Gasteiger partial charge is 0.497 e. The van der Waals surface area contributed by atoms with Gasteiger partial charge in [-0.05, 0) is 42.5 Å². The Morgan fingerprint density at radius 1 is 0.838 bits per heavy atom. The van der Waals surface area contributed by atoms with Crippen LogP contribution in [0, 0.1) is 10.1 Å². The molecule has 0 aliphatic heterocycles. The Balaban J connectivity index is 0.00000235. The Kier molecular flexibility index (Phi) is 13.1. The monoisotopic (exact) mass is 517 g/mol. The molecule has 0 amide bonds. The van der Waals surface area contributed by atoms with Crippen LogP contribution >= 0.6 is 0 Å². The molecule has 0 unspecified atom stereocenters. The summed E-state index contributed by atoms with van der Waals surface area (Å²) in [4.78, 5) is 26.6. The first-order valence-electron chi connectivity index (χ1n) is 12.1.